The zero-order valence-corrected chi connectivity index (χ0v) is 21.5. The number of methoxy groups -OCH3 is 2. The largest absolute Gasteiger partial charge is 2.00 e. The molecule has 6 nitrogen and oxygen atoms in total. The molecule has 0 bridgehead atoms. The summed E-state index contributed by atoms with van der Waals surface area (Å²) >= 11 is 0. The van der Waals surface area contributed by atoms with Crippen LogP contribution in [-0.2, 0) is 36.1 Å². The Morgan fingerprint density at radius 3 is 1.13 bits per heavy atom. The molecule has 2 atom stereocenters. The predicted molar refractivity (Wildman–Crippen MR) is 106 cm³/mol. The van der Waals surface area contributed by atoms with Gasteiger partial charge in [-0.15, -0.1) is 0 Å². The maximum Gasteiger partial charge on any atom is 2.00 e. The van der Waals surface area contributed by atoms with Gasteiger partial charge in [-0.25, -0.2) is 9.59 Å². The molecule has 9 heteroatoms. The van der Waals surface area contributed by atoms with Crippen LogP contribution >= 0.6 is 0 Å². The first-order valence-corrected chi connectivity index (χ1v) is 9.26. The average Bonchev–Trinajstić information content (AvgIpc) is 3.39. The Hall–Kier alpha value is -0.0405. The van der Waals surface area contributed by atoms with E-state index in [9.17, 15) is 9.59 Å². The van der Waals surface area contributed by atoms with Gasteiger partial charge in [0.05, 0.1) is 14.2 Å². The third kappa shape index (κ3) is 9.38. The van der Waals surface area contributed by atoms with Gasteiger partial charge in [0, 0.05) is 10.8 Å². The summed E-state index contributed by atoms with van der Waals surface area (Å²) in [5.74, 6) is 1.69. The van der Waals surface area contributed by atoms with E-state index in [1.165, 1.54) is 14.2 Å². The van der Waals surface area contributed by atoms with Gasteiger partial charge in [0.15, 0.2) is 12.1 Å². The van der Waals surface area contributed by atoms with Crippen molar-refractivity contribution in [2.24, 2.45) is 10.8 Å². The smallest absolute Gasteiger partial charge is 1.00 e. The topological polar surface area (TPSA) is 108 Å². The number of hydrogen-bond donors (Lipinski definition) is 2. The van der Waals surface area contributed by atoms with Crippen molar-refractivity contribution in [3.63, 3.8) is 0 Å². The van der Waals surface area contributed by atoms with E-state index in [2.05, 4.69) is 11.5 Å². The second kappa shape index (κ2) is 15.7. The van der Waals surface area contributed by atoms with Gasteiger partial charge < -0.3 is 45.8 Å². The summed E-state index contributed by atoms with van der Waals surface area (Å²) in [7, 11) is 2.78. The Morgan fingerprint density at radius 1 is 0.710 bits per heavy atom. The van der Waals surface area contributed by atoms with Crippen LogP contribution in [0.5, 0.6) is 0 Å². The van der Waals surface area contributed by atoms with Gasteiger partial charge in [0.1, 0.15) is 0 Å². The molecule has 2 rings (SSSR count). The van der Waals surface area contributed by atoms with Crippen LogP contribution in [0.3, 0.4) is 0 Å². The minimum absolute atomic E-state index is 0. The first-order valence-electron chi connectivity index (χ1n) is 9.26. The van der Waals surface area contributed by atoms with Crippen LogP contribution in [0.1, 0.15) is 27.7 Å². The molecule has 0 aromatic heterocycles. The molecule has 6 N–H and O–H groups in total. The zero-order valence-electron chi connectivity index (χ0n) is 18.9. The minimum Gasteiger partial charge on any atom is -1.00 e. The van der Waals surface area contributed by atoms with Crippen LogP contribution in [0.4, 0.5) is 0 Å². The summed E-state index contributed by atoms with van der Waals surface area (Å²) in [5, 5.41) is 0. The molecule has 0 saturated heterocycles. The predicted octanol–water partition coefficient (Wildman–Crippen LogP) is -5.59. The standard InChI is InChI=1S/2C11H16NO2.2ClH.Fe/c2*1-11(2,8-6-4-5-7-8)9(12)10(13)14-3;;;/h2*4-7,9H,12H2,1-3H3;2*1H;/q;;;;+2/t2*9-;;;/m00.../s1. The van der Waals surface area contributed by atoms with Crippen molar-refractivity contribution in [3.05, 3.63) is 63.2 Å². The third-order valence-electron chi connectivity index (χ3n) is 5.53. The summed E-state index contributed by atoms with van der Waals surface area (Å²) in [4.78, 5) is 22.7. The van der Waals surface area contributed by atoms with Crippen LogP contribution in [0, 0.1) is 74.0 Å². The number of quaternary nitrogens is 2. The Labute approximate surface area is 212 Å². The summed E-state index contributed by atoms with van der Waals surface area (Å²) in [6, 6.07) is -0.759. The van der Waals surface area contributed by atoms with Crippen molar-refractivity contribution in [2.45, 2.75) is 39.8 Å². The number of ether oxygens (including phenoxy) is 2. The van der Waals surface area contributed by atoms with Crippen LogP contribution in [0.2, 0.25) is 0 Å². The van der Waals surface area contributed by atoms with Crippen LogP contribution in [0.25, 0.3) is 0 Å². The molecule has 2 aliphatic rings. The third-order valence-corrected chi connectivity index (χ3v) is 5.53. The second-order valence-electron chi connectivity index (χ2n) is 7.94. The molecular formula is C22H34Cl2FeN2O4+2. The quantitative estimate of drug-likeness (QED) is 0.271. The molecular weight excluding hydrogens is 483 g/mol. The van der Waals surface area contributed by atoms with Crippen molar-refractivity contribution < 1.29 is 72.4 Å². The number of carbonyl (C=O) groups is 2. The maximum absolute atomic E-state index is 11.4. The van der Waals surface area contributed by atoms with Crippen LogP contribution < -0.4 is 36.3 Å². The van der Waals surface area contributed by atoms with Crippen LogP contribution in [0.15, 0.2) is 0 Å². The van der Waals surface area contributed by atoms with E-state index in [-0.39, 0.29) is 76.7 Å². The van der Waals surface area contributed by atoms with E-state index in [1.807, 2.05) is 79.1 Å². The molecule has 0 spiro atoms. The van der Waals surface area contributed by atoms with Crippen molar-refractivity contribution in [1.82, 2.24) is 0 Å². The summed E-state index contributed by atoms with van der Waals surface area (Å²) in [6.45, 7) is 7.99. The van der Waals surface area contributed by atoms with Gasteiger partial charge in [-0.1, -0.05) is 27.7 Å². The van der Waals surface area contributed by atoms with Gasteiger partial charge >= 0.3 is 29.0 Å². The van der Waals surface area contributed by atoms with Gasteiger partial charge in [-0.05, 0) is 63.2 Å². The van der Waals surface area contributed by atoms with Crippen molar-refractivity contribution in [1.29, 1.82) is 0 Å². The van der Waals surface area contributed by atoms with Crippen LogP contribution in [-0.4, -0.2) is 38.2 Å². The van der Waals surface area contributed by atoms with Gasteiger partial charge in [0.2, 0.25) is 0 Å². The molecule has 176 valence electrons. The fourth-order valence-electron chi connectivity index (χ4n) is 2.88. The first kappa shape index (κ1) is 35.5. The molecule has 2 saturated carbocycles. The molecule has 0 aliphatic heterocycles. The number of esters is 2. The zero-order chi connectivity index (χ0) is 21.5. The molecule has 10 radical (unpaired) electrons. The number of halogens is 2. The van der Waals surface area contributed by atoms with E-state index < -0.39 is 0 Å². The van der Waals surface area contributed by atoms with Crippen molar-refractivity contribution in [2.75, 3.05) is 14.2 Å². The van der Waals surface area contributed by atoms with Gasteiger partial charge in [0.25, 0.3) is 0 Å². The maximum atomic E-state index is 11.4. The normalized spacial score (nSPS) is 18.8. The fourth-order valence-corrected chi connectivity index (χ4v) is 2.88. The van der Waals surface area contributed by atoms with Gasteiger partial charge in [-0.2, -0.15) is 0 Å². The Morgan fingerprint density at radius 2 is 0.935 bits per heavy atom. The monoisotopic (exact) mass is 516 g/mol. The van der Waals surface area contributed by atoms with Gasteiger partial charge in [-0.3, -0.25) is 0 Å². The van der Waals surface area contributed by atoms with E-state index >= 15 is 0 Å². The number of hydrogen-bond acceptors (Lipinski definition) is 4. The SMILES string of the molecule is COC(=O)[C@H]([NH3+])C(C)(C)[C]1[CH][CH][CH][CH]1.COC(=O)[C@H]([NH3+])C(C)(C)[C]1[CH][CH][CH][CH]1.[Cl-].[Cl-].[Fe+2]. The first-order chi connectivity index (χ1) is 13.0. The average molecular weight is 517 g/mol. The summed E-state index contributed by atoms with van der Waals surface area (Å²) in [5.41, 5.74) is 7.16. The molecule has 2 fully saturated rings. The summed E-state index contributed by atoms with van der Waals surface area (Å²) < 4.78 is 9.39. The fraction of sp³-hybridized carbons (Fsp3) is 0.455. The van der Waals surface area contributed by atoms with Crippen molar-refractivity contribution in [3.8, 4) is 0 Å². The van der Waals surface area contributed by atoms with E-state index in [0.717, 1.165) is 11.8 Å². The second-order valence-corrected chi connectivity index (χ2v) is 7.94. The summed E-state index contributed by atoms with van der Waals surface area (Å²) in [6.07, 6.45) is 15.8. The number of rotatable bonds is 6. The Kier molecular flexibility index (Phi) is 18.0. The molecule has 0 amide bonds. The Bertz CT molecular complexity index is 478. The molecule has 0 unspecified atom stereocenters. The minimum atomic E-state index is -0.380. The van der Waals surface area contributed by atoms with E-state index in [1.54, 1.807) is 0 Å². The Balaban J connectivity index is -0.000000461. The molecule has 0 heterocycles. The molecule has 0 aromatic rings. The van der Waals surface area contributed by atoms with E-state index in [0.29, 0.717) is 0 Å². The molecule has 0 aromatic carbocycles. The molecule has 31 heavy (non-hydrogen) atoms. The number of carbonyl (C=O) groups excluding carboxylic acids is 2. The molecule has 2 aliphatic carbocycles. The van der Waals surface area contributed by atoms with Crippen molar-refractivity contribution >= 4 is 11.9 Å². The van der Waals surface area contributed by atoms with E-state index in [4.69, 9.17) is 9.47 Å².